The summed E-state index contributed by atoms with van der Waals surface area (Å²) in [6.07, 6.45) is 2.55. The summed E-state index contributed by atoms with van der Waals surface area (Å²) in [4.78, 5) is 25.9. The van der Waals surface area contributed by atoms with Gasteiger partial charge in [-0.1, -0.05) is 17.7 Å². The van der Waals surface area contributed by atoms with Gasteiger partial charge in [-0.05, 0) is 42.0 Å². The Morgan fingerprint density at radius 2 is 2.00 bits per heavy atom. The van der Waals surface area contributed by atoms with E-state index in [9.17, 15) is 4.79 Å². The third-order valence-corrected chi connectivity index (χ3v) is 6.63. The molecule has 3 aromatic rings. The van der Waals surface area contributed by atoms with Gasteiger partial charge < -0.3 is 10.5 Å². The standard InChI is InChI=1S/C22H24ClN5OS/c23-17-2-4-19(5-3-17)30-10-9-27-7-8-28(18(13-27)14-29)12-16-1-6-20-21(11-16)25-15-26-22(20)24/h1-6,11,14-15,18H,7-10,12-13H2,(H2,24,25,26). The summed E-state index contributed by atoms with van der Waals surface area (Å²) >= 11 is 7.75. The Morgan fingerprint density at radius 1 is 1.17 bits per heavy atom. The molecule has 30 heavy (non-hydrogen) atoms. The van der Waals surface area contributed by atoms with Crippen LogP contribution in [-0.4, -0.2) is 64.0 Å². The molecule has 0 saturated carbocycles. The third kappa shape index (κ3) is 5.10. The number of hydrogen-bond donors (Lipinski definition) is 1. The van der Waals surface area contributed by atoms with E-state index in [1.54, 1.807) is 0 Å². The molecule has 1 saturated heterocycles. The molecule has 8 heteroatoms. The van der Waals surface area contributed by atoms with Crippen LogP contribution in [0.1, 0.15) is 5.56 Å². The Bertz CT molecular complexity index is 1020. The van der Waals surface area contributed by atoms with E-state index in [4.69, 9.17) is 17.3 Å². The van der Waals surface area contributed by atoms with Crippen molar-refractivity contribution in [2.45, 2.75) is 17.5 Å². The van der Waals surface area contributed by atoms with Crippen molar-refractivity contribution in [3.63, 3.8) is 0 Å². The quantitative estimate of drug-likeness (QED) is 0.445. The van der Waals surface area contributed by atoms with Gasteiger partial charge in [0.2, 0.25) is 0 Å². The van der Waals surface area contributed by atoms with Gasteiger partial charge in [-0.25, -0.2) is 9.97 Å². The van der Waals surface area contributed by atoms with E-state index < -0.39 is 0 Å². The molecule has 4 rings (SSSR count). The van der Waals surface area contributed by atoms with E-state index in [0.717, 1.165) is 66.3 Å². The number of piperazine rings is 1. The van der Waals surface area contributed by atoms with Gasteiger partial charge in [0.05, 0.1) is 11.6 Å². The highest BCUT2D eigenvalue weighted by Gasteiger charge is 2.26. The predicted molar refractivity (Wildman–Crippen MR) is 123 cm³/mol. The van der Waals surface area contributed by atoms with Crippen molar-refractivity contribution in [2.75, 3.05) is 37.7 Å². The van der Waals surface area contributed by atoms with E-state index >= 15 is 0 Å². The second-order valence-electron chi connectivity index (χ2n) is 7.39. The van der Waals surface area contributed by atoms with Gasteiger partial charge in [-0.2, -0.15) is 0 Å². The van der Waals surface area contributed by atoms with Gasteiger partial charge in [-0.3, -0.25) is 9.80 Å². The molecule has 0 radical (unpaired) electrons. The molecule has 1 unspecified atom stereocenters. The normalized spacial score (nSPS) is 18.0. The molecular weight excluding hydrogens is 418 g/mol. The van der Waals surface area contributed by atoms with Gasteiger partial charge in [0.15, 0.2) is 0 Å². The number of hydrogen-bond acceptors (Lipinski definition) is 7. The van der Waals surface area contributed by atoms with E-state index in [0.29, 0.717) is 5.82 Å². The van der Waals surface area contributed by atoms with Crippen molar-refractivity contribution in [1.82, 2.24) is 19.8 Å². The highest BCUT2D eigenvalue weighted by molar-refractivity contribution is 7.99. The Kier molecular flexibility index (Phi) is 6.84. The van der Waals surface area contributed by atoms with Crippen LogP contribution in [0.15, 0.2) is 53.7 Å². The van der Waals surface area contributed by atoms with Crippen LogP contribution in [0.4, 0.5) is 5.82 Å². The lowest BCUT2D eigenvalue weighted by atomic mass is 10.1. The second-order valence-corrected chi connectivity index (χ2v) is 8.99. The number of rotatable bonds is 7. The number of thioether (sulfide) groups is 1. The van der Waals surface area contributed by atoms with E-state index in [-0.39, 0.29) is 6.04 Å². The van der Waals surface area contributed by atoms with Crippen LogP contribution >= 0.6 is 23.4 Å². The van der Waals surface area contributed by atoms with Crippen molar-refractivity contribution >= 4 is 46.4 Å². The lowest BCUT2D eigenvalue weighted by molar-refractivity contribution is -0.114. The van der Waals surface area contributed by atoms with Gasteiger partial charge in [-0.15, -0.1) is 11.8 Å². The van der Waals surface area contributed by atoms with Crippen LogP contribution in [0.3, 0.4) is 0 Å². The first kappa shape index (κ1) is 21.1. The number of fused-ring (bicyclic) bond motifs is 1. The predicted octanol–water partition coefficient (Wildman–Crippen LogP) is 3.34. The van der Waals surface area contributed by atoms with E-state index in [1.165, 1.54) is 11.2 Å². The lowest BCUT2D eigenvalue weighted by Crippen LogP contribution is -2.53. The molecule has 2 N–H and O–H groups in total. The molecule has 0 spiro atoms. The number of nitrogens with zero attached hydrogens (tertiary/aromatic N) is 4. The Hall–Kier alpha value is -2.19. The molecule has 1 aliphatic rings. The molecule has 0 bridgehead atoms. The number of carbonyl (C=O) groups is 1. The lowest BCUT2D eigenvalue weighted by Gasteiger charge is -2.39. The van der Waals surface area contributed by atoms with Crippen molar-refractivity contribution in [3.8, 4) is 0 Å². The average Bonchev–Trinajstić information content (AvgIpc) is 2.76. The Balaban J connectivity index is 1.32. The number of anilines is 1. The molecule has 0 aliphatic carbocycles. The second kappa shape index (κ2) is 9.75. The van der Waals surface area contributed by atoms with Gasteiger partial charge >= 0.3 is 0 Å². The summed E-state index contributed by atoms with van der Waals surface area (Å²) in [5.41, 5.74) is 7.87. The zero-order valence-electron chi connectivity index (χ0n) is 16.6. The van der Waals surface area contributed by atoms with Gasteiger partial charge in [0.25, 0.3) is 0 Å². The third-order valence-electron chi connectivity index (χ3n) is 5.38. The number of aldehydes is 1. The Morgan fingerprint density at radius 3 is 2.80 bits per heavy atom. The van der Waals surface area contributed by atoms with Crippen LogP contribution < -0.4 is 5.73 Å². The molecule has 2 heterocycles. The minimum Gasteiger partial charge on any atom is -0.383 e. The monoisotopic (exact) mass is 441 g/mol. The van der Waals surface area contributed by atoms with Crippen molar-refractivity contribution in [3.05, 3.63) is 59.4 Å². The first-order valence-electron chi connectivity index (χ1n) is 9.91. The summed E-state index contributed by atoms with van der Waals surface area (Å²) in [6.45, 7) is 4.24. The fourth-order valence-corrected chi connectivity index (χ4v) is 4.75. The van der Waals surface area contributed by atoms with E-state index in [2.05, 4.69) is 19.8 Å². The van der Waals surface area contributed by atoms with Gasteiger partial charge in [0, 0.05) is 53.8 Å². The maximum absolute atomic E-state index is 11.8. The minimum atomic E-state index is -0.106. The molecule has 1 atom stereocenters. The zero-order chi connectivity index (χ0) is 20.9. The zero-order valence-corrected chi connectivity index (χ0v) is 18.1. The topological polar surface area (TPSA) is 75.3 Å². The van der Waals surface area contributed by atoms with Crippen LogP contribution in [0.2, 0.25) is 5.02 Å². The summed E-state index contributed by atoms with van der Waals surface area (Å²) in [5, 5.41) is 1.61. The van der Waals surface area contributed by atoms with Crippen LogP contribution in [-0.2, 0) is 11.3 Å². The number of carbonyl (C=O) groups excluding carboxylic acids is 1. The van der Waals surface area contributed by atoms with Crippen LogP contribution in [0.25, 0.3) is 10.9 Å². The molecular formula is C22H24ClN5OS. The summed E-state index contributed by atoms with van der Waals surface area (Å²) in [5.74, 6) is 1.47. The summed E-state index contributed by atoms with van der Waals surface area (Å²) in [7, 11) is 0. The van der Waals surface area contributed by atoms with Gasteiger partial charge in [0.1, 0.15) is 18.4 Å². The molecule has 6 nitrogen and oxygen atoms in total. The van der Waals surface area contributed by atoms with Crippen molar-refractivity contribution < 1.29 is 4.79 Å². The minimum absolute atomic E-state index is 0.106. The SMILES string of the molecule is Nc1ncnc2cc(CN3CCN(CCSc4ccc(Cl)cc4)CC3C=O)ccc12. The Labute approximate surface area is 185 Å². The molecule has 1 aromatic heterocycles. The number of benzene rings is 2. The molecule has 0 amide bonds. The molecule has 156 valence electrons. The highest BCUT2D eigenvalue weighted by atomic mass is 35.5. The summed E-state index contributed by atoms with van der Waals surface area (Å²) < 4.78 is 0. The maximum Gasteiger partial charge on any atom is 0.138 e. The first-order valence-corrected chi connectivity index (χ1v) is 11.3. The van der Waals surface area contributed by atoms with Crippen molar-refractivity contribution in [1.29, 1.82) is 0 Å². The fraction of sp³-hybridized carbons (Fsp3) is 0.318. The highest BCUT2D eigenvalue weighted by Crippen LogP contribution is 2.22. The van der Waals surface area contributed by atoms with Crippen molar-refractivity contribution in [2.24, 2.45) is 0 Å². The number of nitrogen functional groups attached to an aromatic ring is 1. The fourth-order valence-electron chi connectivity index (χ4n) is 3.72. The number of nitrogens with two attached hydrogens (primary N) is 1. The smallest absolute Gasteiger partial charge is 0.138 e. The molecule has 1 fully saturated rings. The molecule has 1 aliphatic heterocycles. The summed E-state index contributed by atoms with van der Waals surface area (Å²) in [6, 6.07) is 13.8. The number of halogens is 1. The number of aromatic nitrogens is 2. The molecule has 2 aromatic carbocycles. The van der Waals surface area contributed by atoms with E-state index in [1.807, 2.05) is 54.2 Å². The first-order chi connectivity index (χ1) is 14.6. The van der Waals surface area contributed by atoms with Crippen LogP contribution in [0.5, 0.6) is 0 Å². The maximum atomic E-state index is 11.8. The largest absolute Gasteiger partial charge is 0.383 e. The average molecular weight is 442 g/mol. The van der Waals surface area contributed by atoms with Crippen LogP contribution in [0, 0.1) is 0 Å².